The molecule has 0 aliphatic carbocycles. The number of sulfonamides is 1. The van der Waals surface area contributed by atoms with Crippen LogP contribution >= 0.6 is 15.9 Å². The molecule has 2 N–H and O–H groups in total. The van der Waals surface area contributed by atoms with Gasteiger partial charge >= 0.3 is 0 Å². The summed E-state index contributed by atoms with van der Waals surface area (Å²) in [5, 5.41) is 20.0. The van der Waals surface area contributed by atoms with Crippen LogP contribution in [0.3, 0.4) is 0 Å². The number of aliphatic hydroxyl groups is 1. The summed E-state index contributed by atoms with van der Waals surface area (Å²) in [6.45, 7) is 0. The van der Waals surface area contributed by atoms with E-state index in [2.05, 4.69) is 15.9 Å². The molecule has 1 heterocycles. The Hall–Kier alpha value is -1.62. The molecule has 2 aromatic rings. The van der Waals surface area contributed by atoms with Gasteiger partial charge in [-0.15, -0.1) is 0 Å². The van der Waals surface area contributed by atoms with Crippen molar-refractivity contribution >= 4 is 41.5 Å². The summed E-state index contributed by atoms with van der Waals surface area (Å²) >= 11 is 3.23. The fourth-order valence-corrected chi connectivity index (χ4v) is 6.69. The number of sulfone groups is 1. The molecule has 10 heteroatoms. The van der Waals surface area contributed by atoms with Crippen LogP contribution in [0.2, 0.25) is 0 Å². The molecule has 3 rings (SSSR count). The van der Waals surface area contributed by atoms with Gasteiger partial charge in [0.2, 0.25) is 0 Å². The van der Waals surface area contributed by atoms with Crippen molar-refractivity contribution in [1.29, 1.82) is 0 Å². The molecule has 140 valence electrons. The Morgan fingerprint density at radius 2 is 1.73 bits per heavy atom. The number of hydrogen-bond acceptors (Lipinski definition) is 6. The summed E-state index contributed by atoms with van der Waals surface area (Å²) in [4.78, 5) is -0.0551. The van der Waals surface area contributed by atoms with Crippen LogP contribution < -0.4 is 4.31 Å². The topological polar surface area (TPSA) is 112 Å². The van der Waals surface area contributed by atoms with Gasteiger partial charge in [0, 0.05) is 10.5 Å². The van der Waals surface area contributed by atoms with Crippen LogP contribution in [0.1, 0.15) is 0 Å². The Morgan fingerprint density at radius 1 is 1.08 bits per heavy atom. The number of anilines is 1. The number of rotatable bonds is 4. The van der Waals surface area contributed by atoms with E-state index >= 15 is 0 Å². The van der Waals surface area contributed by atoms with Gasteiger partial charge in [-0.05, 0) is 36.4 Å². The van der Waals surface area contributed by atoms with Crippen molar-refractivity contribution in [1.82, 2.24) is 0 Å². The lowest BCUT2D eigenvalue weighted by Gasteiger charge is -2.31. The molecule has 1 saturated heterocycles. The summed E-state index contributed by atoms with van der Waals surface area (Å²) in [7, 11) is -7.76. The van der Waals surface area contributed by atoms with Gasteiger partial charge in [0.05, 0.1) is 34.2 Å². The monoisotopic (exact) mass is 461 g/mol. The van der Waals surface area contributed by atoms with E-state index < -0.39 is 43.5 Å². The van der Waals surface area contributed by atoms with E-state index in [1.54, 1.807) is 12.1 Å². The van der Waals surface area contributed by atoms with Gasteiger partial charge in [0.25, 0.3) is 10.0 Å². The van der Waals surface area contributed by atoms with E-state index in [-0.39, 0.29) is 16.3 Å². The molecule has 2 atom stereocenters. The first kappa shape index (κ1) is 19.2. The lowest BCUT2D eigenvalue weighted by molar-refractivity contribution is 0.184. The summed E-state index contributed by atoms with van der Waals surface area (Å²) in [6, 6.07) is 10.2. The maximum absolute atomic E-state index is 13.2. The number of aromatic hydroxyl groups is 1. The van der Waals surface area contributed by atoms with Gasteiger partial charge in [-0.1, -0.05) is 22.0 Å². The molecular formula is C16H16BrNO6S2. The van der Waals surface area contributed by atoms with Crippen LogP contribution in [-0.4, -0.2) is 50.7 Å². The molecule has 0 amide bonds. The lowest BCUT2D eigenvalue weighted by Crippen LogP contribution is -2.47. The van der Waals surface area contributed by atoms with Gasteiger partial charge in [-0.25, -0.2) is 16.8 Å². The van der Waals surface area contributed by atoms with E-state index in [0.717, 1.165) is 4.31 Å². The molecule has 0 unspecified atom stereocenters. The second-order valence-corrected chi connectivity index (χ2v) is 10.9. The van der Waals surface area contributed by atoms with Crippen molar-refractivity contribution in [3.05, 3.63) is 53.0 Å². The predicted octanol–water partition coefficient (Wildman–Crippen LogP) is 1.51. The molecule has 1 fully saturated rings. The number of aliphatic hydroxyl groups excluding tert-OH is 1. The Balaban J connectivity index is 2.16. The highest BCUT2D eigenvalue weighted by molar-refractivity contribution is 9.10. The van der Waals surface area contributed by atoms with Gasteiger partial charge in [0.15, 0.2) is 9.84 Å². The third-order valence-corrected chi connectivity index (χ3v) is 8.14. The smallest absolute Gasteiger partial charge is 0.264 e. The SMILES string of the molecule is O=S1(=O)C[C@@H](N(c2cccc(O)c2)S(=O)(=O)c2ccc(Br)cc2)[C@@H](O)C1. The minimum absolute atomic E-state index is 0.0551. The average Bonchev–Trinajstić information content (AvgIpc) is 2.80. The van der Waals surface area contributed by atoms with E-state index in [4.69, 9.17) is 0 Å². The lowest BCUT2D eigenvalue weighted by atomic mass is 10.2. The van der Waals surface area contributed by atoms with Crippen LogP contribution in [0, 0.1) is 0 Å². The standard InChI is InChI=1S/C16H16BrNO6S2/c17-11-4-6-14(7-5-11)26(23,24)18(12-2-1-3-13(19)8-12)15-9-25(21,22)10-16(15)20/h1-8,15-16,19-20H,9-10H2/t15-,16+/m1/s1. The van der Waals surface area contributed by atoms with E-state index in [1.165, 1.54) is 36.4 Å². The fourth-order valence-electron chi connectivity index (χ4n) is 2.89. The van der Waals surface area contributed by atoms with E-state index in [0.29, 0.717) is 4.47 Å². The number of benzene rings is 2. The molecule has 1 aliphatic heterocycles. The van der Waals surface area contributed by atoms with Crippen LogP contribution in [0.4, 0.5) is 5.69 Å². The summed E-state index contributed by atoms with van der Waals surface area (Å²) in [5.41, 5.74) is 0.0778. The predicted molar refractivity (Wildman–Crippen MR) is 100 cm³/mol. The Morgan fingerprint density at radius 3 is 2.27 bits per heavy atom. The van der Waals surface area contributed by atoms with Crippen molar-refractivity contribution in [3.63, 3.8) is 0 Å². The zero-order chi connectivity index (χ0) is 19.1. The van der Waals surface area contributed by atoms with Crippen LogP contribution in [0.15, 0.2) is 57.9 Å². The summed E-state index contributed by atoms with van der Waals surface area (Å²) in [6.07, 6.45) is -1.37. The molecule has 0 spiro atoms. The van der Waals surface area contributed by atoms with Crippen molar-refractivity contribution in [2.24, 2.45) is 0 Å². The quantitative estimate of drug-likeness (QED) is 0.713. The zero-order valence-corrected chi connectivity index (χ0v) is 16.6. The minimum Gasteiger partial charge on any atom is -0.508 e. The molecule has 7 nitrogen and oxygen atoms in total. The highest BCUT2D eigenvalue weighted by atomic mass is 79.9. The largest absolute Gasteiger partial charge is 0.508 e. The van der Waals surface area contributed by atoms with Gasteiger partial charge in [-0.3, -0.25) is 4.31 Å². The van der Waals surface area contributed by atoms with E-state index in [1.807, 2.05) is 0 Å². The highest BCUT2D eigenvalue weighted by Crippen LogP contribution is 2.33. The molecule has 0 saturated carbocycles. The first-order chi connectivity index (χ1) is 12.1. The first-order valence-electron chi connectivity index (χ1n) is 7.58. The average molecular weight is 462 g/mol. The number of hydrogen-bond donors (Lipinski definition) is 2. The molecule has 0 aromatic heterocycles. The molecule has 26 heavy (non-hydrogen) atoms. The number of halogens is 1. The normalized spacial score (nSPS) is 22.2. The zero-order valence-electron chi connectivity index (χ0n) is 13.4. The third kappa shape index (κ3) is 3.73. The molecule has 2 aromatic carbocycles. The Bertz CT molecular complexity index is 1020. The molecular weight excluding hydrogens is 446 g/mol. The van der Waals surface area contributed by atoms with Gasteiger partial charge in [-0.2, -0.15) is 0 Å². The molecule has 0 radical (unpaired) electrons. The number of phenols is 1. The highest BCUT2D eigenvalue weighted by Gasteiger charge is 2.45. The van der Waals surface area contributed by atoms with Crippen LogP contribution in [0.5, 0.6) is 5.75 Å². The molecule has 0 bridgehead atoms. The van der Waals surface area contributed by atoms with E-state index in [9.17, 15) is 27.0 Å². The van der Waals surface area contributed by atoms with Crippen molar-refractivity contribution in [2.45, 2.75) is 17.0 Å². The first-order valence-corrected chi connectivity index (χ1v) is 11.6. The van der Waals surface area contributed by atoms with Crippen molar-refractivity contribution < 1.29 is 27.0 Å². The number of phenolic OH excluding ortho intramolecular Hbond substituents is 1. The Labute approximate surface area is 160 Å². The van der Waals surface area contributed by atoms with Gasteiger partial charge < -0.3 is 10.2 Å². The van der Waals surface area contributed by atoms with Crippen LogP contribution in [0.25, 0.3) is 0 Å². The fraction of sp³-hybridized carbons (Fsp3) is 0.250. The second kappa shape index (κ2) is 6.84. The second-order valence-electron chi connectivity index (χ2n) is 5.99. The summed E-state index contributed by atoms with van der Waals surface area (Å²) < 4.78 is 51.9. The minimum atomic E-state index is -4.18. The van der Waals surface area contributed by atoms with Crippen molar-refractivity contribution in [2.75, 3.05) is 15.8 Å². The number of nitrogens with zero attached hydrogens (tertiary/aromatic N) is 1. The third-order valence-electron chi connectivity index (χ3n) is 4.05. The maximum Gasteiger partial charge on any atom is 0.264 e. The molecule has 1 aliphatic rings. The van der Waals surface area contributed by atoms with Crippen molar-refractivity contribution in [3.8, 4) is 5.75 Å². The van der Waals surface area contributed by atoms with Crippen LogP contribution in [-0.2, 0) is 19.9 Å². The van der Waals surface area contributed by atoms with Gasteiger partial charge in [0.1, 0.15) is 5.75 Å². The Kier molecular flexibility index (Phi) is 5.04. The maximum atomic E-state index is 13.2. The summed E-state index contributed by atoms with van der Waals surface area (Å²) in [5.74, 6) is -1.18.